The number of thiazole rings is 1. The lowest BCUT2D eigenvalue weighted by molar-refractivity contribution is 0.0922. The van der Waals surface area contributed by atoms with Crippen LogP contribution in [0.25, 0.3) is 10.2 Å². The van der Waals surface area contributed by atoms with Crippen molar-refractivity contribution in [3.8, 4) is 0 Å². The standard InChI is InChI=1S/C21H27N5O3S/c1-12(2)10-26-18(22)17(20(28)25(5)21(26)29)15(27)11-24(4)13(3)19-23-14-8-6-7-9-16(14)30-19/h6-9,12-13H,10-11,22H2,1-5H3. The highest BCUT2D eigenvalue weighted by Crippen LogP contribution is 2.28. The van der Waals surface area contributed by atoms with Crippen molar-refractivity contribution >= 4 is 33.2 Å². The number of nitrogen functional groups attached to an aromatic ring is 1. The Hall–Kier alpha value is -2.78. The number of anilines is 1. The van der Waals surface area contributed by atoms with E-state index >= 15 is 0 Å². The Morgan fingerprint density at radius 2 is 1.90 bits per heavy atom. The van der Waals surface area contributed by atoms with Crippen molar-refractivity contribution in [1.82, 2.24) is 19.0 Å². The fourth-order valence-corrected chi connectivity index (χ4v) is 4.37. The third-order valence-corrected chi connectivity index (χ3v) is 6.34. The molecule has 3 aromatic rings. The van der Waals surface area contributed by atoms with Gasteiger partial charge >= 0.3 is 5.69 Å². The van der Waals surface area contributed by atoms with Crippen molar-refractivity contribution in [3.63, 3.8) is 0 Å². The van der Waals surface area contributed by atoms with Crippen LogP contribution in [0.5, 0.6) is 0 Å². The Balaban J connectivity index is 1.90. The summed E-state index contributed by atoms with van der Waals surface area (Å²) in [4.78, 5) is 44.6. The summed E-state index contributed by atoms with van der Waals surface area (Å²) in [6.07, 6.45) is 0. The number of carbonyl (C=O) groups excluding carboxylic acids is 1. The molecule has 2 N–H and O–H groups in total. The summed E-state index contributed by atoms with van der Waals surface area (Å²) >= 11 is 1.58. The third-order valence-electron chi connectivity index (χ3n) is 5.13. The molecule has 30 heavy (non-hydrogen) atoms. The highest BCUT2D eigenvalue weighted by molar-refractivity contribution is 7.18. The van der Waals surface area contributed by atoms with Crippen LogP contribution in [-0.4, -0.2) is 38.4 Å². The van der Waals surface area contributed by atoms with E-state index in [1.165, 1.54) is 11.6 Å². The number of para-hydroxylation sites is 1. The average molecular weight is 430 g/mol. The lowest BCUT2D eigenvalue weighted by Crippen LogP contribution is -2.44. The number of nitrogens with zero attached hydrogens (tertiary/aromatic N) is 4. The van der Waals surface area contributed by atoms with E-state index in [-0.39, 0.29) is 29.9 Å². The molecule has 9 heteroatoms. The van der Waals surface area contributed by atoms with Crippen molar-refractivity contribution < 1.29 is 4.79 Å². The van der Waals surface area contributed by atoms with Crippen molar-refractivity contribution in [2.45, 2.75) is 33.4 Å². The highest BCUT2D eigenvalue weighted by atomic mass is 32.1. The minimum absolute atomic E-state index is 0.0174. The Morgan fingerprint density at radius 1 is 1.23 bits per heavy atom. The van der Waals surface area contributed by atoms with E-state index in [9.17, 15) is 14.4 Å². The van der Waals surface area contributed by atoms with Gasteiger partial charge in [0.25, 0.3) is 5.56 Å². The van der Waals surface area contributed by atoms with E-state index in [1.807, 2.05) is 49.9 Å². The number of rotatable bonds is 7. The zero-order chi connectivity index (χ0) is 22.2. The van der Waals surface area contributed by atoms with Crippen molar-refractivity contribution in [2.75, 3.05) is 19.3 Å². The highest BCUT2D eigenvalue weighted by Gasteiger charge is 2.25. The Kier molecular flexibility index (Phi) is 6.23. The lowest BCUT2D eigenvalue weighted by atomic mass is 10.1. The van der Waals surface area contributed by atoms with Crippen LogP contribution >= 0.6 is 11.3 Å². The van der Waals surface area contributed by atoms with Crippen molar-refractivity contribution in [1.29, 1.82) is 0 Å². The monoisotopic (exact) mass is 429 g/mol. The lowest BCUT2D eigenvalue weighted by Gasteiger charge is -2.23. The van der Waals surface area contributed by atoms with Crippen LogP contribution in [0, 0.1) is 5.92 Å². The minimum Gasteiger partial charge on any atom is -0.384 e. The SMILES string of the molecule is CC(C)Cn1c(N)c(C(=O)CN(C)C(C)c2nc3ccccc3s2)c(=O)n(C)c1=O. The van der Waals surface area contributed by atoms with Gasteiger partial charge in [-0.25, -0.2) is 9.78 Å². The second-order valence-electron chi connectivity index (χ2n) is 7.95. The first-order valence-electron chi connectivity index (χ1n) is 9.80. The second kappa shape index (κ2) is 8.53. The molecule has 0 aliphatic heterocycles. The van der Waals surface area contributed by atoms with E-state index in [1.54, 1.807) is 18.4 Å². The van der Waals surface area contributed by atoms with Crippen LogP contribution in [0.4, 0.5) is 5.82 Å². The predicted octanol–water partition coefficient (Wildman–Crippen LogP) is 2.27. The summed E-state index contributed by atoms with van der Waals surface area (Å²) in [5, 5.41) is 0.886. The summed E-state index contributed by atoms with van der Waals surface area (Å²) in [7, 11) is 3.17. The smallest absolute Gasteiger partial charge is 0.332 e. The number of aromatic nitrogens is 3. The number of hydrogen-bond acceptors (Lipinski definition) is 7. The summed E-state index contributed by atoms with van der Waals surface area (Å²) in [6.45, 7) is 6.15. The molecule has 1 aromatic carbocycles. The number of Topliss-reactive ketones (excluding diaryl/α,β-unsaturated/α-hetero) is 1. The number of hydrogen-bond donors (Lipinski definition) is 1. The molecule has 0 fully saturated rings. The van der Waals surface area contributed by atoms with Gasteiger partial charge in [0.15, 0.2) is 5.78 Å². The number of ketones is 1. The molecule has 8 nitrogen and oxygen atoms in total. The molecule has 0 aliphatic carbocycles. The first-order chi connectivity index (χ1) is 14.1. The molecular weight excluding hydrogens is 402 g/mol. The molecule has 0 radical (unpaired) electrons. The molecule has 2 aromatic heterocycles. The number of nitrogens with two attached hydrogens (primary N) is 1. The first kappa shape index (κ1) is 21.9. The maximum Gasteiger partial charge on any atom is 0.332 e. The van der Waals surface area contributed by atoms with Gasteiger partial charge in [-0.2, -0.15) is 0 Å². The molecule has 0 spiro atoms. The van der Waals surface area contributed by atoms with Crippen molar-refractivity contribution in [2.24, 2.45) is 13.0 Å². The van der Waals surface area contributed by atoms with Crippen LogP contribution in [0.3, 0.4) is 0 Å². The quantitative estimate of drug-likeness (QED) is 0.578. The number of benzene rings is 1. The molecule has 2 heterocycles. The largest absolute Gasteiger partial charge is 0.384 e. The van der Waals surface area contributed by atoms with Crippen molar-refractivity contribution in [3.05, 3.63) is 55.7 Å². The topological polar surface area (TPSA) is 103 Å². The van der Waals surface area contributed by atoms with Gasteiger partial charge in [0.05, 0.1) is 22.8 Å². The fraction of sp³-hybridized carbons (Fsp3) is 0.429. The van der Waals surface area contributed by atoms with Gasteiger partial charge in [0, 0.05) is 13.6 Å². The maximum absolute atomic E-state index is 13.0. The molecule has 1 unspecified atom stereocenters. The Labute approximate surface area is 178 Å². The third kappa shape index (κ3) is 4.08. The van der Waals surface area contributed by atoms with Crippen LogP contribution in [0.15, 0.2) is 33.9 Å². The fourth-order valence-electron chi connectivity index (χ4n) is 3.29. The molecule has 3 rings (SSSR count). The van der Waals surface area contributed by atoms with Gasteiger partial charge in [-0.3, -0.25) is 23.6 Å². The molecule has 0 saturated heterocycles. The molecule has 0 amide bonds. The van der Waals surface area contributed by atoms with Gasteiger partial charge in [0.2, 0.25) is 0 Å². The molecule has 1 atom stereocenters. The van der Waals surface area contributed by atoms with Gasteiger partial charge in [0.1, 0.15) is 16.4 Å². The zero-order valence-electron chi connectivity index (χ0n) is 17.9. The van der Waals surface area contributed by atoms with Gasteiger partial charge in [-0.15, -0.1) is 11.3 Å². The van der Waals surface area contributed by atoms with E-state index in [4.69, 9.17) is 5.73 Å². The van der Waals surface area contributed by atoms with Crippen LogP contribution in [0.1, 0.15) is 42.2 Å². The number of carbonyl (C=O) groups is 1. The number of fused-ring (bicyclic) bond motifs is 1. The normalized spacial score (nSPS) is 12.8. The van der Waals surface area contributed by atoms with E-state index in [2.05, 4.69) is 4.98 Å². The van der Waals surface area contributed by atoms with E-state index in [0.29, 0.717) is 6.54 Å². The van der Waals surface area contributed by atoms with Gasteiger partial charge in [-0.1, -0.05) is 26.0 Å². The Bertz CT molecular complexity index is 1170. The van der Waals surface area contributed by atoms with E-state index < -0.39 is 17.0 Å². The van der Waals surface area contributed by atoms with Gasteiger partial charge in [-0.05, 0) is 32.0 Å². The van der Waals surface area contributed by atoms with Gasteiger partial charge < -0.3 is 5.73 Å². The molecular formula is C21H27N5O3S. The zero-order valence-corrected chi connectivity index (χ0v) is 18.7. The minimum atomic E-state index is -0.663. The molecule has 160 valence electrons. The van der Waals surface area contributed by atoms with E-state index in [0.717, 1.165) is 19.8 Å². The summed E-state index contributed by atoms with van der Waals surface area (Å²) < 4.78 is 3.33. The Morgan fingerprint density at radius 3 is 2.53 bits per heavy atom. The molecule has 0 saturated carbocycles. The predicted molar refractivity (Wildman–Crippen MR) is 120 cm³/mol. The molecule has 0 bridgehead atoms. The number of likely N-dealkylation sites (N-methyl/N-ethyl adjacent to an activating group) is 1. The summed E-state index contributed by atoms with van der Waals surface area (Å²) in [6, 6.07) is 7.74. The average Bonchev–Trinajstić information content (AvgIpc) is 3.13. The summed E-state index contributed by atoms with van der Waals surface area (Å²) in [5.74, 6) is -0.351. The molecule has 0 aliphatic rings. The van der Waals surface area contributed by atoms with Crippen LogP contribution in [-0.2, 0) is 13.6 Å². The van der Waals surface area contributed by atoms with Crippen LogP contribution in [0.2, 0.25) is 0 Å². The summed E-state index contributed by atoms with van der Waals surface area (Å²) in [5.41, 5.74) is 5.72. The first-order valence-corrected chi connectivity index (χ1v) is 10.6. The maximum atomic E-state index is 13.0. The van der Waals surface area contributed by atoms with Crippen LogP contribution < -0.4 is 17.0 Å². The second-order valence-corrected chi connectivity index (χ2v) is 9.01.